The van der Waals surface area contributed by atoms with E-state index in [1.54, 1.807) is 35.2 Å². The molecule has 0 aromatic heterocycles. The molecule has 0 bridgehead atoms. The van der Waals surface area contributed by atoms with Gasteiger partial charge in [-0.3, -0.25) is 19.8 Å². The van der Waals surface area contributed by atoms with Crippen molar-refractivity contribution in [2.45, 2.75) is 26.2 Å². The minimum atomic E-state index is -0.493. The quantitative estimate of drug-likeness (QED) is 0.406. The van der Waals surface area contributed by atoms with Gasteiger partial charge in [0, 0.05) is 17.7 Å². The number of hydrazine groups is 1. The largest absolute Gasteiger partial charge is 0.308 e. The first-order valence-electron chi connectivity index (χ1n) is 10.1. The summed E-state index contributed by atoms with van der Waals surface area (Å²) in [6.45, 7) is 2.71. The van der Waals surface area contributed by atoms with Crippen LogP contribution in [0.4, 0.5) is 5.69 Å². The molecule has 1 fully saturated rings. The first-order valence-corrected chi connectivity index (χ1v) is 11.3. The molecule has 158 valence electrons. The minimum absolute atomic E-state index is 0.187. The minimum Gasteiger partial charge on any atom is -0.308 e. The van der Waals surface area contributed by atoms with Gasteiger partial charge in [-0.15, -0.1) is 0 Å². The molecule has 8 heteroatoms. The van der Waals surface area contributed by atoms with Crippen molar-refractivity contribution in [3.05, 3.63) is 70.6 Å². The molecule has 2 aromatic rings. The number of amides is 3. The molecule has 2 aliphatic rings. The van der Waals surface area contributed by atoms with Gasteiger partial charge < -0.3 is 4.90 Å². The lowest BCUT2D eigenvalue weighted by molar-refractivity contribution is -0.124. The maximum absolute atomic E-state index is 13.3. The van der Waals surface area contributed by atoms with Gasteiger partial charge in [-0.1, -0.05) is 67.9 Å². The Kier molecular flexibility index (Phi) is 6.20. The lowest BCUT2D eigenvalue weighted by Gasteiger charge is -2.17. The maximum atomic E-state index is 13.3. The van der Waals surface area contributed by atoms with Crippen LogP contribution in [0, 0.1) is 0 Å². The predicted molar refractivity (Wildman–Crippen MR) is 126 cm³/mol. The van der Waals surface area contributed by atoms with E-state index in [9.17, 15) is 14.4 Å². The fourth-order valence-electron chi connectivity index (χ4n) is 3.61. The van der Waals surface area contributed by atoms with Crippen LogP contribution in [0.5, 0.6) is 0 Å². The molecule has 0 atom stereocenters. The number of carbonyl (C=O) groups is 3. The molecular weight excluding hydrogens is 430 g/mol. The molecule has 0 saturated carbocycles. The van der Waals surface area contributed by atoms with E-state index >= 15 is 0 Å². The van der Waals surface area contributed by atoms with Crippen molar-refractivity contribution in [1.29, 1.82) is 0 Å². The summed E-state index contributed by atoms with van der Waals surface area (Å²) in [6, 6.07) is 16.0. The van der Waals surface area contributed by atoms with Crippen molar-refractivity contribution in [2.75, 3.05) is 11.4 Å². The highest BCUT2D eigenvalue weighted by Crippen LogP contribution is 2.44. The first kappa shape index (κ1) is 21.3. The van der Waals surface area contributed by atoms with Crippen molar-refractivity contribution >= 4 is 57.3 Å². The molecule has 0 unspecified atom stereocenters. The summed E-state index contributed by atoms with van der Waals surface area (Å²) in [5.41, 5.74) is 4.85. The second-order valence-corrected chi connectivity index (χ2v) is 8.84. The molecule has 0 spiro atoms. The predicted octanol–water partition coefficient (Wildman–Crippen LogP) is 4.14. The maximum Gasteiger partial charge on any atom is 0.286 e. The number of carbonyl (C=O) groups excluding carboxylic acids is 3. The summed E-state index contributed by atoms with van der Waals surface area (Å²) in [4.78, 5) is 41.0. The first-order chi connectivity index (χ1) is 15.0. The molecule has 3 amide bonds. The van der Waals surface area contributed by atoms with Gasteiger partial charge in [-0.05, 0) is 36.8 Å². The number of anilines is 1. The highest BCUT2D eigenvalue weighted by Gasteiger charge is 2.42. The number of hydrogen-bond donors (Lipinski definition) is 1. The number of nitrogens with zero attached hydrogens (tertiary/aromatic N) is 2. The SMILES string of the molecule is CCCCCN1C(=O)C(=C2SC(=S)N(NC(=O)c3ccccc3)C2=O)c2ccccc21. The Morgan fingerprint density at radius 3 is 2.45 bits per heavy atom. The van der Waals surface area contributed by atoms with Gasteiger partial charge in [0.05, 0.1) is 16.2 Å². The molecule has 2 aromatic carbocycles. The highest BCUT2D eigenvalue weighted by molar-refractivity contribution is 8.26. The van der Waals surface area contributed by atoms with Crippen LogP contribution in [-0.2, 0) is 9.59 Å². The fourth-order valence-corrected chi connectivity index (χ4v) is 4.86. The van der Waals surface area contributed by atoms with Crippen molar-refractivity contribution in [3.8, 4) is 0 Å². The Morgan fingerprint density at radius 2 is 1.71 bits per heavy atom. The van der Waals surface area contributed by atoms with E-state index in [2.05, 4.69) is 12.3 Å². The molecule has 2 heterocycles. The van der Waals surface area contributed by atoms with Crippen LogP contribution in [0.15, 0.2) is 59.5 Å². The Labute approximate surface area is 190 Å². The summed E-state index contributed by atoms with van der Waals surface area (Å²) < 4.78 is 0.187. The Balaban J connectivity index is 1.64. The average Bonchev–Trinajstić information content (AvgIpc) is 3.22. The topological polar surface area (TPSA) is 69.7 Å². The van der Waals surface area contributed by atoms with E-state index in [1.165, 1.54) is 0 Å². The number of benzene rings is 2. The van der Waals surface area contributed by atoms with E-state index in [1.807, 2.05) is 24.3 Å². The molecule has 0 aliphatic carbocycles. The number of unbranched alkanes of at least 4 members (excludes halogenated alkanes) is 2. The molecule has 6 nitrogen and oxygen atoms in total. The van der Waals surface area contributed by atoms with Gasteiger partial charge in [0.1, 0.15) is 0 Å². The van der Waals surface area contributed by atoms with Crippen molar-refractivity contribution in [2.24, 2.45) is 0 Å². The van der Waals surface area contributed by atoms with E-state index in [0.29, 0.717) is 17.7 Å². The Hall–Kier alpha value is -2.97. The molecule has 2 aliphatic heterocycles. The number of para-hydroxylation sites is 1. The molecule has 4 rings (SSSR count). The van der Waals surface area contributed by atoms with Gasteiger partial charge in [-0.25, -0.2) is 0 Å². The number of rotatable bonds is 6. The summed E-state index contributed by atoms with van der Waals surface area (Å²) in [5, 5.41) is 1.05. The standard InChI is InChI=1S/C23H21N3O3S2/c1-2-3-9-14-25-17-13-8-7-12-16(17)18(21(25)28)19-22(29)26(23(30)31-19)24-20(27)15-10-5-4-6-11-15/h4-8,10-13H,2-3,9,14H2,1H3,(H,24,27). The van der Waals surface area contributed by atoms with Gasteiger partial charge in [0.2, 0.25) is 0 Å². The van der Waals surface area contributed by atoms with Crippen molar-refractivity contribution in [1.82, 2.24) is 10.4 Å². The molecule has 31 heavy (non-hydrogen) atoms. The van der Waals surface area contributed by atoms with Gasteiger partial charge in [0.25, 0.3) is 17.7 Å². The zero-order valence-electron chi connectivity index (χ0n) is 17.0. The van der Waals surface area contributed by atoms with Gasteiger partial charge in [-0.2, -0.15) is 5.01 Å². The third-order valence-electron chi connectivity index (χ3n) is 5.15. The Bertz CT molecular complexity index is 1100. The number of nitrogens with one attached hydrogen (secondary N) is 1. The number of hydrogen-bond acceptors (Lipinski definition) is 5. The zero-order chi connectivity index (χ0) is 22.0. The second-order valence-electron chi connectivity index (χ2n) is 7.20. The summed E-state index contributed by atoms with van der Waals surface area (Å²) in [6.07, 6.45) is 2.96. The number of fused-ring (bicyclic) bond motifs is 1. The van der Waals surface area contributed by atoms with Crippen LogP contribution in [-0.4, -0.2) is 33.6 Å². The van der Waals surface area contributed by atoms with E-state index in [0.717, 1.165) is 47.3 Å². The summed E-state index contributed by atoms with van der Waals surface area (Å²) in [7, 11) is 0. The smallest absolute Gasteiger partial charge is 0.286 e. The lowest BCUT2D eigenvalue weighted by atomic mass is 10.1. The molecular formula is C23H21N3O3S2. The normalized spacial score (nSPS) is 18.0. The second kappa shape index (κ2) is 9.03. The highest BCUT2D eigenvalue weighted by atomic mass is 32.2. The number of thiocarbonyl (C=S) groups is 1. The third kappa shape index (κ3) is 4.00. The summed E-state index contributed by atoms with van der Waals surface area (Å²) >= 11 is 6.38. The monoisotopic (exact) mass is 451 g/mol. The van der Waals surface area contributed by atoms with Crippen molar-refractivity contribution < 1.29 is 14.4 Å². The summed E-state index contributed by atoms with van der Waals surface area (Å²) in [5.74, 6) is -1.14. The van der Waals surface area contributed by atoms with E-state index in [4.69, 9.17) is 12.2 Å². The van der Waals surface area contributed by atoms with Crippen LogP contribution in [0.25, 0.3) is 5.57 Å². The lowest BCUT2D eigenvalue weighted by Crippen LogP contribution is -2.45. The van der Waals surface area contributed by atoms with Crippen LogP contribution in [0.1, 0.15) is 42.1 Å². The van der Waals surface area contributed by atoms with Crippen LogP contribution in [0.3, 0.4) is 0 Å². The molecule has 1 N–H and O–H groups in total. The van der Waals surface area contributed by atoms with Crippen molar-refractivity contribution in [3.63, 3.8) is 0 Å². The van der Waals surface area contributed by atoms with Crippen LogP contribution < -0.4 is 10.3 Å². The van der Waals surface area contributed by atoms with E-state index in [-0.39, 0.29) is 15.1 Å². The molecule has 0 radical (unpaired) electrons. The van der Waals surface area contributed by atoms with E-state index < -0.39 is 11.8 Å². The third-order valence-corrected chi connectivity index (χ3v) is 6.53. The Morgan fingerprint density at radius 1 is 1.00 bits per heavy atom. The van der Waals surface area contributed by atoms with Crippen LogP contribution in [0.2, 0.25) is 0 Å². The fraction of sp³-hybridized carbons (Fsp3) is 0.217. The average molecular weight is 452 g/mol. The zero-order valence-corrected chi connectivity index (χ0v) is 18.6. The van der Waals surface area contributed by atoms with Gasteiger partial charge in [0.15, 0.2) is 4.32 Å². The van der Waals surface area contributed by atoms with Gasteiger partial charge >= 0.3 is 0 Å². The number of thioether (sulfide) groups is 1. The molecule has 1 saturated heterocycles. The van der Waals surface area contributed by atoms with Crippen LogP contribution >= 0.6 is 24.0 Å².